The van der Waals surface area contributed by atoms with E-state index in [4.69, 9.17) is 4.74 Å². The number of nitrogens with one attached hydrogen (secondary N) is 1. The zero-order valence-corrected chi connectivity index (χ0v) is 10.8. The molecule has 0 saturated heterocycles. The monoisotopic (exact) mass is 256 g/mol. The van der Waals surface area contributed by atoms with Crippen molar-refractivity contribution in [1.29, 1.82) is 0 Å². The molecule has 0 aliphatic carbocycles. The summed E-state index contributed by atoms with van der Waals surface area (Å²) in [6.45, 7) is 1.80. The average molecular weight is 256 g/mol. The van der Waals surface area contributed by atoms with Gasteiger partial charge in [-0.15, -0.1) is 0 Å². The van der Waals surface area contributed by atoms with Gasteiger partial charge in [0, 0.05) is 13.1 Å². The van der Waals surface area contributed by atoms with Gasteiger partial charge in [-0.25, -0.2) is 0 Å². The van der Waals surface area contributed by atoms with Crippen molar-refractivity contribution in [2.24, 2.45) is 0 Å². The summed E-state index contributed by atoms with van der Waals surface area (Å²) in [4.78, 5) is 0. The van der Waals surface area contributed by atoms with E-state index >= 15 is 0 Å². The molecule has 99 valence electrons. The number of aliphatic hydroxyl groups excluding tert-OH is 1. The number of hydrogen-bond donors (Lipinski definition) is 2. The fraction of sp³-hybridized carbons (Fsp3) is 0.250. The molecule has 19 heavy (non-hydrogen) atoms. The van der Waals surface area contributed by atoms with Crippen LogP contribution in [0.2, 0.25) is 0 Å². The van der Waals surface area contributed by atoms with Gasteiger partial charge >= 0.3 is 0 Å². The van der Waals surface area contributed by atoms with Crippen LogP contribution in [0.4, 0.5) is 0 Å². The molecule has 2 rings (SSSR count). The van der Waals surface area contributed by atoms with Gasteiger partial charge in [0.05, 0.1) is 6.10 Å². The Bertz CT molecular complexity index is 459. The van der Waals surface area contributed by atoms with Crippen LogP contribution in [0, 0.1) is 6.07 Å². The van der Waals surface area contributed by atoms with Crippen LogP contribution >= 0.6 is 0 Å². The zero-order chi connectivity index (χ0) is 13.3. The molecule has 3 nitrogen and oxygen atoms in total. The maximum Gasteiger partial charge on any atom is 0.119 e. The quantitative estimate of drug-likeness (QED) is 0.746. The molecule has 2 aromatic rings. The van der Waals surface area contributed by atoms with E-state index in [2.05, 4.69) is 11.4 Å². The van der Waals surface area contributed by atoms with E-state index in [9.17, 15) is 5.11 Å². The minimum atomic E-state index is -0.479. The molecular formula is C16H18NO2. The maximum absolute atomic E-state index is 9.93. The standard InChI is InChI=1S/C16H18NO2/c18-16(14-7-3-1-4-8-14)13-17-11-12-19-15-9-5-2-6-10-15/h1,3-10,16-18H,11-13H2. The van der Waals surface area contributed by atoms with Crippen molar-refractivity contribution in [3.63, 3.8) is 0 Å². The van der Waals surface area contributed by atoms with E-state index in [1.54, 1.807) is 0 Å². The largest absolute Gasteiger partial charge is 0.492 e. The first kappa shape index (κ1) is 13.6. The molecule has 0 aliphatic rings. The first-order valence-electron chi connectivity index (χ1n) is 6.39. The fourth-order valence-electron chi connectivity index (χ4n) is 1.74. The van der Waals surface area contributed by atoms with Gasteiger partial charge in [0.2, 0.25) is 0 Å². The molecule has 2 N–H and O–H groups in total. The third kappa shape index (κ3) is 4.73. The van der Waals surface area contributed by atoms with Crippen molar-refractivity contribution in [3.8, 4) is 5.75 Å². The van der Waals surface area contributed by atoms with Gasteiger partial charge in [-0.2, -0.15) is 0 Å². The summed E-state index contributed by atoms with van der Waals surface area (Å²) < 4.78 is 5.53. The van der Waals surface area contributed by atoms with Gasteiger partial charge in [0.25, 0.3) is 0 Å². The highest BCUT2D eigenvalue weighted by molar-refractivity contribution is 5.20. The molecule has 2 aromatic carbocycles. The Hall–Kier alpha value is -1.84. The van der Waals surface area contributed by atoms with E-state index in [0.29, 0.717) is 19.7 Å². The highest BCUT2D eigenvalue weighted by atomic mass is 16.5. The molecule has 0 fully saturated rings. The molecule has 1 radical (unpaired) electrons. The number of benzene rings is 2. The molecule has 1 unspecified atom stereocenters. The van der Waals surface area contributed by atoms with Crippen molar-refractivity contribution in [3.05, 3.63) is 66.2 Å². The van der Waals surface area contributed by atoms with Crippen LogP contribution in [0.5, 0.6) is 5.75 Å². The average Bonchev–Trinajstić information content (AvgIpc) is 2.49. The summed E-state index contributed by atoms with van der Waals surface area (Å²) in [6.07, 6.45) is -0.479. The Morgan fingerprint density at radius 2 is 1.84 bits per heavy atom. The Morgan fingerprint density at radius 3 is 2.58 bits per heavy atom. The van der Waals surface area contributed by atoms with Crippen molar-refractivity contribution >= 4 is 0 Å². The molecule has 0 saturated carbocycles. The fourth-order valence-corrected chi connectivity index (χ4v) is 1.74. The SMILES string of the molecule is OC(CNCCOc1cc[c]cc1)c1ccccc1. The van der Waals surface area contributed by atoms with Gasteiger partial charge in [0.15, 0.2) is 0 Å². The lowest BCUT2D eigenvalue weighted by molar-refractivity contribution is 0.172. The van der Waals surface area contributed by atoms with Crippen molar-refractivity contribution < 1.29 is 9.84 Å². The predicted molar refractivity (Wildman–Crippen MR) is 75.0 cm³/mol. The second-order valence-electron chi connectivity index (χ2n) is 4.21. The highest BCUT2D eigenvalue weighted by Gasteiger charge is 2.05. The van der Waals surface area contributed by atoms with Crippen LogP contribution in [0.1, 0.15) is 11.7 Å². The first-order valence-corrected chi connectivity index (χ1v) is 6.39. The third-order valence-electron chi connectivity index (χ3n) is 2.76. The van der Waals surface area contributed by atoms with E-state index in [-0.39, 0.29) is 0 Å². The molecule has 0 spiro atoms. The normalized spacial score (nSPS) is 12.1. The third-order valence-corrected chi connectivity index (χ3v) is 2.76. The van der Waals surface area contributed by atoms with Crippen molar-refractivity contribution in [1.82, 2.24) is 5.32 Å². The zero-order valence-electron chi connectivity index (χ0n) is 10.8. The van der Waals surface area contributed by atoms with Crippen LogP contribution in [-0.4, -0.2) is 24.8 Å². The van der Waals surface area contributed by atoms with Crippen LogP contribution in [-0.2, 0) is 0 Å². The number of hydrogen-bond acceptors (Lipinski definition) is 3. The highest BCUT2D eigenvalue weighted by Crippen LogP contribution is 2.10. The van der Waals surface area contributed by atoms with Gasteiger partial charge in [-0.3, -0.25) is 0 Å². The Balaban J connectivity index is 1.62. The van der Waals surface area contributed by atoms with Gasteiger partial charge in [-0.1, -0.05) is 42.5 Å². The van der Waals surface area contributed by atoms with Crippen LogP contribution < -0.4 is 10.1 Å². The second kappa shape index (κ2) is 7.56. The summed E-state index contributed by atoms with van der Waals surface area (Å²) in [6, 6.07) is 20.0. The predicted octanol–water partition coefficient (Wildman–Crippen LogP) is 2.19. The lowest BCUT2D eigenvalue weighted by atomic mass is 10.1. The topological polar surface area (TPSA) is 41.5 Å². The minimum absolute atomic E-state index is 0.479. The summed E-state index contributed by atoms with van der Waals surface area (Å²) in [5.74, 6) is 0.837. The maximum atomic E-state index is 9.93. The van der Waals surface area contributed by atoms with Crippen LogP contribution in [0.3, 0.4) is 0 Å². The summed E-state index contributed by atoms with van der Waals surface area (Å²) in [7, 11) is 0. The molecule has 1 atom stereocenters. The molecule has 0 aromatic heterocycles. The Morgan fingerprint density at radius 1 is 1.11 bits per heavy atom. The molecule has 0 aliphatic heterocycles. The Kier molecular flexibility index (Phi) is 5.41. The van der Waals surface area contributed by atoms with Crippen LogP contribution in [0.25, 0.3) is 0 Å². The molecule has 3 heteroatoms. The van der Waals surface area contributed by atoms with Crippen molar-refractivity contribution in [2.75, 3.05) is 19.7 Å². The number of rotatable bonds is 7. The molecule has 0 heterocycles. The summed E-state index contributed by atoms with van der Waals surface area (Å²) in [5, 5.41) is 13.1. The minimum Gasteiger partial charge on any atom is -0.492 e. The van der Waals surface area contributed by atoms with E-state index in [1.807, 2.05) is 54.6 Å². The van der Waals surface area contributed by atoms with E-state index in [1.165, 1.54) is 0 Å². The van der Waals surface area contributed by atoms with E-state index < -0.39 is 6.10 Å². The summed E-state index contributed by atoms with van der Waals surface area (Å²) >= 11 is 0. The lowest BCUT2D eigenvalue weighted by Crippen LogP contribution is -2.26. The lowest BCUT2D eigenvalue weighted by Gasteiger charge is -2.12. The molecular weight excluding hydrogens is 238 g/mol. The van der Waals surface area contributed by atoms with Gasteiger partial charge < -0.3 is 15.2 Å². The van der Waals surface area contributed by atoms with Gasteiger partial charge in [-0.05, 0) is 23.8 Å². The number of ether oxygens (including phenoxy) is 1. The second-order valence-corrected chi connectivity index (χ2v) is 4.21. The van der Waals surface area contributed by atoms with E-state index in [0.717, 1.165) is 11.3 Å². The first-order chi connectivity index (χ1) is 9.36. The summed E-state index contributed by atoms with van der Waals surface area (Å²) in [5.41, 5.74) is 0.925. The van der Waals surface area contributed by atoms with Crippen LogP contribution in [0.15, 0.2) is 54.6 Å². The molecule has 0 amide bonds. The Labute approximate surface area is 113 Å². The smallest absolute Gasteiger partial charge is 0.119 e. The molecule has 0 bridgehead atoms. The number of aliphatic hydroxyl groups is 1. The van der Waals surface area contributed by atoms with Crippen molar-refractivity contribution in [2.45, 2.75) is 6.10 Å². The van der Waals surface area contributed by atoms with Gasteiger partial charge in [0.1, 0.15) is 12.4 Å².